The Hall–Kier alpha value is -3.53. The first-order valence-electron chi connectivity index (χ1n) is 34.3. The van der Waals surface area contributed by atoms with Gasteiger partial charge in [0.1, 0.15) is 0 Å². The van der Waals surface area contributed by atoms with Crippen LogP contribution in [-0.4, -0.2) is 97.2 Å². The van der Waals surface area contributed by atoms with E-state index in [1.165, 1.54) is 77.0 Å². The molecule has 4 aliphatic carbocycles. The fourth-order valence-electron chi connectivity index (χ4n) is 13.8. The average Bonchev–Trinajstić information content (AvgIpc) is 1.90. The number of halogens is 2. The molecule has 0 unspecified atom stereocenters. The number of rotatable bonds is 43. The summed E-state index contributed by atoms with van der Waals surface area (Å²) in [6.45, 7) is 16.8. The SMILES string of the molecule is C=CC(=O)O.C=CC(=O)OCCCCCCOC(=O)CC1(CC(=O)OCCCCCCOC(=O)C=C)CCC(C2CCC(CCC)CC2)CC1.CCCC1CCC(C2CCC(CC(=O)OCCCCCCBr)(CC(=O)OCCCCCCBr)CC2)CC1. The van der Waals surface area contributed by atoms with E-state index in [4.69, 9.17) is 33.5 Å². The van der Waals surface area contributed by atoms with Crippen LogP contribution in [0.5, 0.6) is 0 Å². The molecule has 4 fully saturated rings. The van der Waals surface area contributed by atoms with E-state index in [2.05, 4.69) is 65.4 Å². The van der Waals surface area contributed by atoms with Crippen LogP contribution in [0.1, 0.15) is 271 Å². The van der Waals surface area contributed by atoms with Gasteiger partial charge >= 0.3 is 41.8 Å². The maximum atomic E-state index is 13.0. The second-order valence-electron chi connectivity index (χ2n) is 25.7. The first-order chi connectivity index (χ1) is 42.1. The predicted octanol–water partition coefficient (Wildman–Crippen LogP) is 18.0. The molecule has 4 saturated carbocycles. The summed E-state index contributed by atoms with van der Waals surface area (Å²) in [4.78, 5) is 83.1. The number of unbranched alkanes of at least 4 members (excludes halogenated alkanes) is 12. The summed E-state index contributed by atoms with van der Waals surface area (Å²) in [5.74, 6) is 2.39. The molecule has 0 heterocycles. The molecule has 14 nitrogen and oxygen atoms in total. The molecular weight excluding hydrogens is 1240 g/mol. The number of aliphatic carboxylic acids is 1. The Bertz CT molecular complexity index is 1830. The number of carboxylic acids is 1. The third-order valence-corrected chi connectivity index (χ3v) is 20.1. The van der Waals surface area contributed by atoms with Gasteiger partial charge in [-0.25, -0.2) is 14.4 Å². The smallest absolute Gasteiger partial charge is 0.330 e. The van der Waals surface area contributed by atoms with E-state index in [0.717, 1.165) is 213 Å². The van der Waals surface area contributed by atoms with Crippen LogP contribution in [0.2, 0.25) is 0 Å². The molecule has 0 aromatic heterocycles. The van der Waals surface area contributed by atoms with Crippen LogP contribution in [0, 0.1) is 46.3 Å². The van der Waals surface area contributed by atoms with Crippen molar-refractivity contribution in [3.8, 4) is 0 Å². The lowest BCUT2D eigenvalue weighted by Crippen LogP contribution is -2.36. The van der Waals surface area contributed by atoms with E-state index in [1.54, 1.807) is 0 Å². The van der Waals surface area contributed by atoms with Crippen LogP contribution in [0.3, 0.4) is 0 Å². The molecule has 0 bridgehead atoms. The fraction of sp³-hybridized carbons (Fsp3) is 0.817. The standard InChI is InChI=1S/C37H60O8.C31H54Br2O4.C3H4O2/c1-4-15-30-16-18-31(19-17-30)32-20-22-37(23-21-32,28-35(40)44-26-13-9-7-11-24-42-33(38)5-2)29-36(41)45-27-14-10-8-12-25-43-34(39)6-3;1-2-11-26-12-14-27(15-13-26)28-16-18-31(19-17-28,24-29(34)36-22-9-5-3-7-20-32)25-30(35)37-23-10-6-4-8-21-33;1-2-3(4)5/h5-6,30-32H,2-4,7-29H2,1H3;26-28H,2-25H2,1H3;2H,1H2,(H,4,5). The molecule has 0 spiro atoms. The number of carbonyl (C=O) groups is 7. The molecule has 0 aromatic carbocycles. The molecule has 0 atom stereocenters. The molecule has 1 N–H and O–H groups in total. The highest BCUT2D eigenvalue weighted by Crippen LogP contribution is 2.51. The second kappa shape index (κ2) is 50.2. The second-order valence-corrected chi connectivity index (χ2v) is 27.3. The lowest BCUT2D eigenvalue weighted by molar-refractivity contribution is -0.154. The number of ether oxygens (including phenoxy) is 6. The highest BCUT2D eigenvalue weighted by atomic mass is 79.9. The first kappa shape index (κ1) is 79.6. The molecule has 500 valence electrons. The monoisotopic (exact) mass is 1350 g/mol. The van der Waals surface area contributed by atoms with Crippen LogP contribution < -0.4 is 0 Å². The van der Waals surface area contributed by atoms with Crippen LogP contribution in [-0.2, 0) is 62.0 Å². The van der Waals surface area contributed by atoms with E-state index in [9.17, 15) is 33.6 Å². The van der Waals surface area contributed by atoms with Crippen LogP contribution >= 0.6 is 31.9 Å². The summed E-state index contributed by atoms with van der Waals surface area (Å²) in [6.07, 6.45) is 43.9. The van der Waals surface area contributed by atoms with Crippen molar-refractivity contribution in [2.75, 3.05) is 50.3 Å². The van der Waals surface area contributed by atoms with Gasteiger partial charge in [-0.1, -0.05) is 142 Å². The predicted molar refractivity (Wildman–Crippen MR) is 353 cm³/mol. The number of carbonyl (C=O) groups excluding carboxylic acids is 6. The van der Waals surface area contributed by atoms with Gasteiger partial charge in [-0.05, 0) is 200 Å². The minimum atomic E-state index is -0.981. The highest BCUT2D eigenvalue weighted by molar-refractivity contribution is 9.09. The Balaban J connectivity index is 0.000000559. The van der Waals surface area contributed by atoms with E-state index in [1.807, 2.05) is 0 Å². The number of esters is 6. The molecular formula is C71H118Br2O14. The van der Waals surface area contributed by atoms with Gasteiger partial charge in [0.15, 0.2) is 0 Å². The van der Waals surface area contributed by atoms with Crippen molar-refractivity contribution in [3.05, 3.63) is 38.0 Å². The lowest BCUT2D eigenvalue weighted by Gasteiger charge is -2.43. The Morgan fingerprint density at radius 2 is 0.621 bits per heavy atom. The van der Waals surface area contributed by atoms with Crippen molar-refractivity contribution < 1.29 is 67.1 Å². The molecule has 0 saturated heterocycles. The van der Waals surface area contributed by atoms with Gasteiger partial charge in [-0.2, -0.15) is 0 Å². The number of hydrogen-bond donors (Lipinski definition) is 1. The quantitative estimate of drug-likeness (QED) is 0.0199. The summed E-state index contributed by atoms with van der Waals surface area (Å²) in [6, 6.07) is 0. The van der Waals surface area contributed by atoms with Crippen molar-refractivity contribution in [1.29, 1.82) is 0 Å². The maximum Gasteiger partial charge on any atom is 0.330 e. The van der Waals surface area contributed by atoms with Gasteiger partial charge in [0.25, 0.3) is 0 Å². The molecule has 0 aromatic rings. The molecule has 0 aliphatic heterocycles. The fourth-order valence-corrected chi connectivity index (χ4v) is 14.6. The molecule has 87 heavy (non-hydrogen) atoms. The third-order valence-electron chi connectivity index (χ3n) is 19.0. The number of carboxylic acid groups (broad SMARTS) is 1. The summed E-state index contributed by atoms with van der Waals surface area (Å²) in [5, 5.41) is 9.67. The molecule has 0 radical (unpaired) electrons. The largest absolute Gasteiger partial charge is 0.478 e. The van der Waals surface area contributed by atoms with Crippen molar-refractivity contribution in [1.82, 2.24) is 0 Å². The van der Waals surface area contributed by atoms with Crippen molar-refractivity contribution >= 4 is 73.6 Å². The Morgan fingerprint density at radius 1 is 0.379 bits per heavy atom. The Kier molecular flexibility index (Phi) is 45.9. The molecule has 4 rings (SSSR count). The van der Waals surface area contributed by atoms with Crippen molar-refractivity contribution in [3.63, 3.8) is 0 Å². The van der Waals surface area contributed by atoms with Crippen LogP contribution in [0.4, 0.5) is 0 Å². The minimum absolute atomic E-state index is 0.124. The van der Waals surface area contributed by atoms with Gasteiger partial charge in [0, 0.05) is 28.9 Å². The number of alkyl halides is 2. The van der Waals surface area contributed by atoms with E-state index in [0.29, 0.717) is 58.4 Å². The van der Waals surface area contributed by atoms with Crippen LogP contribution in [0.15, 0.2) is 38.0 Å². The first-order valence-corrected chi connectivity index (χ1v) is 36.5. The van der Waals surface area contributed by atoms with Gasteiger partial charge in [-0.3, -0.25) is 19.2 Å². The van der Waals surface area contributed by atoms with E-state index < -0.39 is 23.3 Å². The normalized spacial score (nSPS) is 19.9. The minimum Gasteiger partial charge on any atom is -0.478 e. The zero-order chi connectivity index (χ0) is 63.8. The van der Waals surface area contributed by atoms with E-state index in [-0.39, 0.29) is 42.1 Å². The summed E-state index contributed by atoms with van der Waals surface area (Å²) in [5.41, 5.74) is -0.676. The summed E-state index contributed by atoms with van der Waals surface area (Å²) < 4.78 is 32.5. The Morgan fingerprint density at radius 3 is 0.851 bits per heavy atom. The lowest BCUT2D eigenvalue weighted by atomic mass is 9.62. The van der Waals surface area contributed by atoms with Crippen molar-refractivity contribution in [2.24, 2.45) is 46.3 Å². The van der Waals surface area contributed by atoms with Gasteiger partial charge in [0.2, 0.25) is 0 Å². The third kappa shape index (κ3) is 38.0. The number of hydrogen-bond acceptors (Lipinski definition) is 13. The molecule has 4 aliphatic rings. The zero-order valence-corrected chi connectivity index (χ0v) is 57.4. The molecule has 16 heteroatoms. The summed E-state index contributed by atoms with van der Waals surface area (Å²) >= 11 is 6.93. The molecule has 0 amide bonds. The van der Waals surface area contributed by atoms with Crippen LogP contribution in [0.25, 0.3) is 0 Å². The zero-order valence-electron chi connectivity index (χ0n) is 54.3. The summed E-state index contributed by atoms with van der Waals surface area (Å²) in [7, 11) is 0. The van der Waals surface area contributed by atoms with Crippen molar-refractivity contribution in [2.45, 2.75) is 271 Å². The van der Waals surface area contributed by atoms with Gasteiger partial charge < -0.3 is 33.5 Å². The maximum absolute atomic E-state index is 13.0. The topological polar surface area (TPSA) is 195 Å². The average molecular weight is 1360 g/mol. The Labute approximate surface area is 543 Å². The highest BCUT2D eigenvalue weighted by Gasteiger charge is 2.44. The van der Waals surface area contributed by atoms with Gasteiger partial charge in [0.05, 0.1) is 65.3 Å². The van der Waals surface area contributed by atoms with E-state index >= 15 is 0 Å². The van der Waals surface area contributed by atoms with Gasteiger partial charge in [-0.15, -0.1) is 0 Å².